The fourth-order valence-corrected chi connectivity index (χ4v) is 1.62. The van der Waals surface area contributed by atoms with E-state index in [0.29, 0.717) is 11.3 Å². The van der Waals surface area contributed by atoms with Crippen LogP contribution in [0.25, 0.3) is 0 Å². The highest BCUT2D eigenvalue weighted by atomic mass is 19.2. The zero-order valence-electron chi connectivity index (χ0n) is 12.4. The molecular formula is C14H14F5NO3. The van der Waals surface area contributed by atoms with E-state index in [0.717, 1.165) is 13.5 Å². The van der Waals surface area contributed by atoms with Crippen LogP contribution in [0.15, 0.2) is 0 Å². The standard InChI is InChI=1S/C14H14F5NO3/c1-3-4-5-23-7(21)6-20(2)14(22)8-9(15)11(17)13(19)12(18)10(8)16/h3-6H2,1-2H3. The second-order valence-electron chi connectivity index (χ2n) is 4.68. The fraction of sp³-hybridized carbons (Fsp3) is 0.429. The van der Waals surface area contributed by atoms with Crippen LogP contribution in [0.5, 0.6) is 0 Å². The first-order chi connectivity index (χ1) is 10.7. The molecule has 0 heterocycles. The molecule has 0 saturated heterocycles. The number of ether oxygens (including phenoxy) is 1. The number of halogens is 5. The highest BCUT2D eigenvalue weighted by Crippen LogP contribution is 2.23. The minimum absolute atomic E-state index is 0.0971. The molecule has 0 atom stereocenters. The van der Waals surface area contributed by atoms with Crippen LogP contribution in [0.2, 0.25) is 0 Å². The molecule has 1 amide bonds. The summed E-state index contributed by atoms with van der Waals surface area (Å²) in [7, 11) is 0.974. The molecule has 0 saturated carbocycles. The molecule has 1 aromatic carbocycles. The Morgan fingerprint density at radius 3 is 1.91 bits per heavy atom. The summed E-state index contributed by atoms with van der Waals surface area (Å²) in [5, 5.41) is 0. The summed E-state index contributed by atoms with van der Waals surface area (Å²) in [6.45, 7) is 1.26. The molecule has 23 heavy (non-hydrogen) atoms. The van der Waals surface area contributed by atoms with E-state index < -0.39 is 53.1 Å². The van der Waals surface area contributed by atoms with Crippen molar-refractivity contribution in [1.29, 1.82) is 0 Å². The molecule has 0 aromatic heterocycles. The lowest BCUT2D eigenvalue weighted by Crippen LogP contribution is -2.34. The second kappa shape index (κ2) is 7.89. The normalized spacial score (nSPS) is 10.6. The minimum Gasteiger partial charge on any atom is -0.464 e. The van der Waals surface area contributed by atoms with E-state index in [4.69, 9.17) is 4.74 Å². The minimum atomic E-state index is -2.36. The molecule has 9 heteroatoms. The van der Waals surface area contributed by atoms with Crippen molar-refractivity contribution in [3.8, 4) is 0 Å². The molecule has 0 unspecified atom stereocenters. The maximum Gasteiger partial charge on any atom is 0.325 e. The predicted octanol–water partition coefficient (Wildman–Crippen LogP) is 2.80. The number of benzene rings is 1. The van der Waals surface area contributed by atoms with Crippen molar-refractivity contribution in [2.75, 3.05) is 20.2 Å². The van der Waals surface area contributed by atoms with Gasteiger partial charge < -0.3 is 9.64 Å². The van der Waals surface area contributed by atoms with Crippen molar-refractivity contribution in [1.82, 2.24) is 4.90 Å². The maximum absolute atomic E-state index is 13.5. The Morgan fingerprint density at radius 1 is 0.957 bits per heavy atom. The monoisotopic (exact) mass is 339 g/mol. The van der Waals surface area contributed by atoms with E-state index in [1.54, 1.807) is 0 Å². The Kier molecular flexibility index (Phi) is 6.47. The van der Waals surface area contributed by atoms with Crippen LogP contribution in [0.3, 0.4) is 0 Å². The molecule has 0 aliphatic carbocycles. The lowest BCUT2D eigenvalue weighted by atomic mass is 10.1. The van der Waals surface area contributed by atoms with Crippen molar-refractivity contribution >= 4 is 11.9 Å². The zero-order valence-corrected chi connectivity index (χ0v) is 12.4. The maximum atomic E-state index is 13.5. The van der Waals surface area contributed by atoms with E-state index in [9.17, 15) is 31.5 Å². The van der Waals surface area contributed by atoms with Gasteiger partial charge in [-0.3, -0.25) is 9.59 Å². The number of hydrogen-bond donors (Lipinski definition) is 0. The molecule has 1 rings (SSSR count). The van der Waals surface area contributed by atoms with Gasteiger partial charge in [0.25, 0.3) is 5.91 Å². The highest BCUT2D eigenvalue weighted by molar-refractivity contribution is 5.96. The summed E-state index contributed by atoms with van der Waals surface area (Å²) in [5.41, 5.74) is -1.62. The topological polar surface area (TPSA) is 46.6 Å². The Bertz CT molecular complexity index is 592. The number of carbonyl (C=O) groups excluding carboxylic acids is 2. The van der Waals surface area contributed by atoms with Crippen molar-refractivity contribution < 1.29 is 36.3 Å². The Balaban J connectivity index is 2.95. The number of likely N-dealkylation sites (N-methyl/N-ethyl adjacent to an activating group) is 1. The number of esters is 1. The lowest BCUT2D eigenvalue weighted by Gasteiger charge is -2.17. The lowest BCUT2D eigenvalue weighted by molar-refractivity contribution is -0.144. The summed E-state index contributed by atoms with van der Waals surface area (Å²) in [6.07, 6.45) is 1.34. The van der Waals surface area contributed by atoms with E-state index in [2.05, 4.69) is 0 Å². The van der Waals surface area contributed by atoms with Gasteiger partial charge in [0.1, 0.15) is 12.1 Å². The van der Waals surface area contributed by atoms with Crippen LogP contribution in [0.1, 0.15) is 30.1 Å². The quantitative estimate of drug-likeness (QED) is 0.263. The van der Waals surface area contributed by atoms with Crippen LogP contribution in [0.4, 0.5) is 22.0 Å². The number of amides is 1. The third-order valence-electron chi connectivity index (χ3n) is 2.90. The summed E-state index contributed by atoms with van der Waals surface area (Å²) >= 11 is 0. The van der Waals surface area contributed by atoms with Crippen molar-refractivity contribution in [2.45, 2.75) is 19.8 Å². The largest absolute Gasteiger partial charge is 0.464 e. The molecule has 1 aromatic rings. The van der Waals surface area contributed by atoms with Crippen LogP contribution in [-0.4, -0.2) is 37.0 Å². The summed E-state index contributed by atoms with van der Waals surface area (Å²) in [6, 6.07) is 0. The Morgan fingerprint density at radius 2 is 1.43 bits per heavy atom. The summed E-state index contributed by atoms with van der Waals surface area (Å²) in [4.78, 5) is 23.8. The van der Waals surface area contributed by atoms with Gasteiger partial charge in [-0.05, 0) is 6.42 Å². The van der Waals surface area contributed by atoms with Crippen LogP contribution < -0.4 is 0 Å². The molecule has 0 spiro atoms. The molecule has 0 aliphatic heterocycles. The van der Waals surface area contributed by atoms with Crippen LogP contribution in [0, 0.1) is 29.1 Å². The smallest absolute Gasteiger partial charge is 0.325 e. The van der Waals surface area contributed by atoms with Gasteiger partial charge in [0.2, 0.25) is 5.82 Å². The average molecular weight is 339 g/mol. The van der Waals surface area contributed by atoms with E-state index in [-0.39, 0.29) is 6.61 Å². The first-order valence-electron chi connectivity index (χ1n) is 6.64. The van der Waals surface area contributed by atoms with Gasteiger partial charge in [0, 0.05) is 7.05 Å². The molecular weight excluding hydrogens is 325 g/mol. The molecule has 4 nitrogen and oxygen atoms in total. The van der Waals surface area contributed by atoms with Crippen molar-refractivity contribution in [2.24, 2.45) is 0 Å². The number of unbranched alkanes of at least 4 members (excludes halogenated alkanes) is 1. The summed E-state index contributed by atoms with van der Waals surface area (Å²) < 4.78 is 70.8. The highest BCUT2D eigenvalue weighted by Gasteiger charge is 2.31. The zero-order chi connectivity index (χ0) is 17.7. The molecule has 0 bridgehead atoms. The predicted molar refractivity (Wildman–Crippen MR) is 69.1 cm³/mol. The second-order valence-corrected chi connectivity index (χ2v) is 4.68. The molecule has 0 radical (unpaired) electrons. The molecule has 0 N–H and O–H groups in total. The molecule has 0 fully saturated rings. The van der Waals surface area contributed by atoms with Crippen LogP contribution >= 0.6 is 0 Å². The van der Waals surface area contributed by atoms with Gasteiger partial charge in [-0.25, -0.2) is 22.0 Å². The van der Waals surface area contributed by atoms with Gasteiger partial charge in [-0.2, -0.15) is 0 Å². The first-order valence-corrected chi connectivity index (χ1v) is 6.64. The van der Waals surface area contributed by atoms with E-state index in [1.165, 1.54) is 0 Å². The first kappa shape index (κ1) is 18.9. The van der Waals surface area contributed by atoms with E-state index >= 15 is 0 Å². The fourth-order valence-electron chi connectivity index (χ4n) is 1.62. The average Bonchev–Trinajstić information content (AvgIpc) is 2.51. The van der Waals surface area contributed by atoms with Gasteiger partial charge in [0.15, 0.2) is 23.3 Å². The molecule has 0 aliphatic rings. The number of rotatable bonds is 6. The Hall–Kier alpha value is -2.19. The van der Waals surface area contributed by atoms with Crippen molar-refractivity contribution in [3.05, 3.63) is 34.6 Å². The SMILES string of the molecule is CCCCOC(=O)CN(C)C(=O)c1c(F)c(F)c(F)c(F)c1F. The van der Waals surface area contributed by atoms with Gasteiger partial charge in [-0.1, -0.05) is 13.3 Å². The van der Waals surface area contributed by atoms with Gasteiger partial charge in [0.05, 0.1) is 6.61 Å². The van der Waals surface area contributed by atoms with Crippen LogP contribution in [-0.2, 0) is 9.53 Å². The third kappa shape index (κ3) is 4.17. The third-order valence-corrected chi connectivity index (χ3v) is 2.90. The summed E-state index contributed by atoms with van der Waals surface area (Å²) in [5.74, 6) is -13.7. The van der Waals surface area contributed by atoms with Gasteiger partial charge >= 0.3 is 5.97 Å². The van der Waals surface area contributed by atoms with Crippen molar-refractivity contribution in [3.63, 3.8) is 0 Å². The van der Waals surface area contributed by atoms with E-state index in [1.807, 2.05) is 6.92 Å². The molecule has 128 valence electrons. The number of nitrogens with zero attached hydrogens (tertiary/aromatic N) is 1. The Labute approximate surface area is 128 Å². The van der Waals surface area contributed by atoms with Gasteiger partial charge in [-0.15, -0.1) is 0 Å². The number of hydrogen-bond acceptors (Lipinski definition) is 3. The number of carbonyl (C=O) groups is 2.